The number of nitrogens with zero attached hydrogens (tertiary/aromatic N) is 1. The minimum atomic E-state index is -0.951. The number of aliphatic carboxylic acids is 1. The van der Waals surface area contributed by atoms with Crippen LogP contribution in [0.15, 0.2) is 0 Å². The highest BCUT2D eigenvalue weighted by Crippen LogP contribution is 2.12. The third kappa shape index (κ3) is 5.65. The van der Waals surface area contributed by atoms with E-state index in [0.717, 1.165) is 0 Å². The number of carbonyl (C=O) groups excluding carboxylic acids is 2. The summed E-state index contributed by atoms with van der Waals surface area (Å²) < 4.78 is 0. The SMILES string of the molecule is CC(CN(C)C(=O)CNC(=O)C(C)(C)C)C(=O)O. The summed E-state index contributed by atoms with van der Waals surface area (Å²) in [5, 5.41) is 11.3. The Hall–Kier alpha value is -1.59. The van der Waals surface area contributed by atoms with Crippen LogP contribution in [0, 0.1) is 11.3 Å². The molecule has 0 heterocycles. The van der Waals surface area contributed by atoms with E-state index >= 15 is 0 Å². The Bertz CT molecular complexity index is 333. The molecule has 1 atom stereocenters. The van der Waals surface area contributed by atoms with E-state index in [4.69, 9.17) is 5.11 Å². The molecule has 0 fully saturated rings. The topological polar surface area (TPSA) is 86.7 Å². The second kappa shape index (κ2) is 6.37. The zero-order valence-corrected chi connectivity index (χ0v) is 11.6. The van der Waals surface area contributed by atoms with Crippen molar-refractivity contribution in [3.8, 4) is 0 Å². The minimum Gasteiger partial charge on any atom is -0.481 e. The van der Waals surface area contributed by atoms with Crippen LogP contribution in [-0.2, 0) is 14.4 Å². The quantitative estimate of drug-likeness (QED) is 0.744. The van der Waals surface area contributed by atoms with E-state index in [2.05, 4.69) is 5.32 Å². The van der Waals surface area contributed by atoms with E-state index in [1.165, 1.54) is 18.9 Å². The highest BCUT2D eigenvalue weighted by molar-refractivity contribution is 5.87. The number of amides is 2. The van der Waals surface area contributed by atoms with Crippen LogP contribution in [0.4, 0.5) is 0 Å². The third-order valence-electron chi connectivity index (χ3n) is 2.48. The second-order valence-electron chi connectivity index (χ2n) is 5.45. The molecule has 0 radical (unpaired) electrons. The van der Waals surface area contributed by atoms with Crippen LogP contribution in [0.25, 0.3) is 0 Å². The van der Waals surface area contributed by atoms with Crippen molar-refractivity contribution in [1.82, 2.24) is 10.2 Å². The van der Waals surface area contributed by atoms with Crippen LogP contribution in [-0.4, -0.2) is 47.9 Å². The summed E-state index contributed by atoms with van der Waals surface area (Å²) in [6, 6.07) is 0. The standard InChI is InChI=1S/C12H22N2O4/c1-8(10(16)17)7-14(5)9(15)6-13-11(18)12(2,3)4/h8H,6-7H2,1-5H3,(H,13,18)(H,16,17). The van der Waals surface area contributed by atoms with Crippen molar-refractivity contribution in [2.24, 2.45) is 11.3 Å². The first kappa shape index (κ1) is 16.4. The molecule has 0 aliphatic rings. The summed E-state index contributed by atoms with van der Waals surface area (Å²) in [4.78, 5) is 35.2. The van der Waals surface area contributed by atoms with Gasteiger partial charge in [0, 0.05) is 19.0 Å². The summed E-state index contributed by atoms with van der Waals surface area (Å²) in [5.74, 6) is -2.10. The van der Waals surface area contributed by atoms with Gasteiger partial charge in [-0.2, -0.15) is 0 Å². The number of hydrogen-bond acceptors (Lipinski definition) is 3. The molecular formula is C12H22N2O4. The largest absolute Gasteiger partial charge is 0.481 e. The van der Waals surface area contributed by atoms with E-state index in [9.17, 15) is 14.4 Å². The van der Waals surface area contributed by atoms with Gasteiger partial charge < -0.3 is 15.3 Å². The molecule has 1 unspecified atom stereocenters. The second-order valence-corrected chi connectivity index (χ2v) is 5.45. The van der Waals surface area contributed by atoms with Crippen molar-refractivity contribution in [3.05, 3.63) is 0 Å². The minimum absolute atomic E-state index is 0.112. The molecule has 18 heavy (non-hydrogen) atoms. The summed E-state index contributed by atoms with van der Waals surface area (Å²) in [6.45, 7) is 6.80. The van der Waals surface area contributed by atoms with E-state index in [1.54, 1.807) is 20.8 Å². The molecule has 0 saturated heterocycles. The number of carboxylic acids is 1. The van der Waals surface area contributed by atoms with Gasteiger partial charge in [-0.15, -0.1) is 0 Å². The molecule has 0 aromatic rings. The lowest BCUT2D eigenvalue weighted by Crippen LogP contribution is -2.43. The fraction of sp³-hybridized carbons (Fsp3) is 0.750. The summed E-state index contributed by atoms with van der Waals surface area (Å²) in [6.07, 6.45) is 0. The molecule has 2 N–H and O–H groups in total. The van der Waals surface area contributed by atoms with Gasteiger partial charge in [-0.05, 0) is 0 Å². The van der Waals surface area contributed by atoms with Crippen LogP contribution < -0.4 is 5.32 Å². The Morgan fingerprint density at radius 3 is 2.17 bits per heavy atom. The lowest BCUT2D eigenvalue weighted by molar-refractivity contribution is -0.143. The predicted molar refractivity (Wildman–Crippen MR) is 66.9 cm³/mol. The molecule has 104 valence electrons. The maximum Gasteiger partial charge on any atom is 0.308 e. The number of nitrogens with one attached hydrogen (secondary N) is 1. The molecule has 0 spiro atoms. The average molecular weight is 258 g/mol. The zero-order chi connectivity index (χ0) is 14.5. The fourth-order valence-electron chi connectivity index (χ4n) is 1.15. The fourth-order valence-corrected chi connectivity index (χ4v) is 1.15. The van der Waals surface area contributed by atoms with Gasteiger partial charge in [0.15, 0.2) is 0 Å². The van der Waals surface area contributed by atoms with E-state index in [1.807, 2.05) is 0 Å². The van der Waals surface area contributed by atoms with Gasteiger partial charge in [0.05, 0.1) is 12.5 Å². The van der Waals surface area contributed by atoms with Crippen LogP contribution >= 0.6 is 0 Å². The highest BCUT2D eigenvalue weighted by atomic mass is 16.4. The molecule has 2 amide bonds. The first-order chi connectivity index (χ1) is 8.05. The average Bonchev–Trinajstić information content (AvgIpc) is 2.23. The highest BCUT2D eigenvalue weighted by Gasteiger charge is 2.23. The van der Waals surface area contributed by atoms with Gasteiger partial charge in [0.1, 0.15) is 0 Å². The van der Waals surface area contributed by atoms with Crippen LogP contribution in [0.1, 0.15) is 27.7 Å². The monoisotopic (exact) mass is 258 g/mol. The lowest BCUT2D eigenvalue weighted by atomic mass is 9.96. The maximum absolute atomic E-state index is 11.7. The number of hydrogen-bond donors (Lipinski definition) is 2. The lowest BCUT2D eigenvalue weighted by Gasteiger charge is -2.21. The van der Waals surface area contributed by atoms with Crippen LogP contribution in [0.3, 0.4) is 0 Å². The van der Waals surface area contributed by atoms with E-state index in [0.29, 0.717) is 0 Å². The molecule has 6 nitrogen and oxygen atoms in total. The third-order valence-corrected chi connectivity index (χ3v) is 2.48. The smallest absolute Gasteiger partial charge is 0.308 e. The number of rotatable bonds is 5. The maximum atomic E-state index is 11.7. The van der Waals surface area contributed by atoms with Gasteiger partial charge >= 0.3 is 5.97 Å². The van der Waals surface area contributed by atoms with Crippen molar-refractivity contribution >= 4 is 17.8 Å². The van der Waals surface area contributed by atoms with Crippen molar-refractivity contribution < 1.29 is 19.5 Å². The first-order valence-electron chi connectivity index (χ1n) is 5.80. The molecule has 0 aromatic carbocycles. The molecule has 0 aliphatic carbocycles. The number of carbonyl (C=O) groups is 3. The Balaban J connectivity index is 4.18. The van der Waals surface area contributed by atoms with Crippen molar-refractivity contribution in [3.63, 3.8) is 0 Å². The van der Waals surface area contributed by atoms with Gasteiger partial charge in [-0.3, -0.25) is 14.4 Å². The Morgan fingerprint density at radius 1 is 1.28 bits per heavy atom. The van der Waals surface area contributed by atoms with E-state index in [-0.39, 0.29) is 24.9 Å². The number of likely N-dealkylation sites (N-methyl/N-ethyl adjacent to an activating group) is 1. The van der Waals surface area contributed by atoms with Gasteiger partial charge in [-0.1, -0.05) is 27.7 Å². The Morgan fingerprint density at radius 2 is 1.78 bits per heavy atom. The summed E-state index contributed by atoms with van der Waals surface area (Å²) >= 11 is 0. The van der Waals surface area contributed by atoms with E-state index < -0.39 is 17.3 Å². The Kier molecular flexibility index (Phi) is 5.81. The van der Waals surface area contributed by atoms with Crippen molar-refractivity contribution in [2.45, 2.75) is 27.7 Å². The van der Waals surface area contributed by atoms with Crippen LogP contribution in [0.2, 0.25) is 0 Å². The predicted octanol–water partition coefficient (Wildman–Crippen LogP) is 0.328. The molecule has 0 bridgehead atoms. The van der Waals surface area contributed by atoms with Gasteiger partial charge in [0.25, 0.3) is 0 Å². The normalized spacial score (nSPS) is 12.7. The molecule has 6 heteroatoms. The first-order valence-corrected chi connectivity index (χ1v) is 5.80. The summed E-state index contributed by atoms with van der Waals surface area (Å²) in [7, 11) is 1.52. The molecule has 0 aliphatic heterocycles. The Labute approximate surface area is 107 Å². The van der Waals surface area contributed by atoms with Gasteiger partial charge in [0.2, 0.25) is 11.8 Å². The zero-order valence-electron chi connectivity index (χ0n) is 11.6. The van der Waals surface area contributed by atoms with Crippen molar-refractivity contribution in [1.29, 1.82) is 0 Å². The van der Waals surface area contributed by atoms with Crippen LogP contribution in [0.5, 0.6) is 0 Å². The van der Waals surface area contributed by atoms with Crippen molar-refractivity contribution in [2.75, 3.05) is 20.1 Å². The molecular weight excluding hydrogens is 236 g/mol. The molecule has 0 rings (SSSR count). The molecule has 0 aromatic heterocycles. The van der Waals surface area contributed by atoms with Gasteiger partial charge in [-0.25, -0.2) is 0 Å². The summed E-state index contributed by atoms with van der Waals surface area (Å²) in [5.41, 5.74) is -0.548. The number of carboxylic acid groups (broad SMARTS) is 1. The molecule has 0 saturated carbocycles.